The molecule has 0 fully saturated rings. The van der Waals surface area contributed by atoms with Gasteiger partial charge in [-0.1, -0.05) is 26.0 Å². The second-order valence-corrected chi connectivity index (χ2v) is 8.33. The van der Waals surface area contributed by atoms with E-state index in [-0.39, 0.29) is 37.0 Å². The van der Waals surface area contributed by atoms with Gasteiger partial charge in [-0.3, -0.25) is 19.4 Å². The SMILES string of the molecule is CC(C)C(N)C(=O)NC(CCCN=C(N)N)C(=O)NCC(=O)NC(Cc1ccc(O)cc1)C(=O)O. The summed E-state index contributed by atoms with van der Waals surface area (Å²) in [6, 6.07) is 2.81. The van der Waals surface area contributed by atoms with Crippen LogP contribution in [-0.4, -0.2) is 71.1 Å². The molecule has 0 aliphatic carbocycles. The zero-order chi connectivity index (χ0) is 26.5. The van der Waals surface area contributed by atoms with Gasteiger partial charge in [-0.05, 0) is 36.5 Å². The molecule has 3 atom stereocenters. The molecule has 13 nitrogen and oxygen atoms in total. The van der Waals surface area contributed by atoms with Crippen LogP contribution in [0.25, 0.3) is 0 Å². The van der Waals surface area contributed by atoms with E-state index in [4.69, 9.17) is 17.2 Å². The summed E-state index contributed by atoms with van der Waals surface area (Å²) in [5.41, 5.74) is 17.0. The molecule has 194 valence electrons. The molecule has 0 saturated carbocycles. The summed E-state index contributed by atoms with van der Waals surface area (Å²) in [6.45, 7) is 3.25. The topological polar surface area (TPSA) is 235 Å². The number of phenols is 1. The molecule has 1 aromatic carbocycles. The lowest BCUT2D eigenvalue weighted by molar-refractivity contribution is -0.141. The Hall–Kier alpha value is -3.87. The number of hydrogen-bond donors (Lipinski definition) is 8. The largest absolute Gasteiger partial charge is 0.508 e. The van der Waals surface area contributed by atoms with Crippen molar-refractivity contribution in [3.8, 4) is 5.75 Å². The van der Waals surface area contributed by atoms with Gasteiger partial charge in [0.25, 0.3) is 0 Å². The summed E-state index contributed by atoms with van der Waals surface area (Å²) in [6.07, 6.45) is 0.526. The van der Waals surface area contributed by atoms with Gasteiger partial charge in [-0.15, -0.1) is 0 Å². The van der Waals surface area contributed by atoms with Gasteiger partial charge < -0.3 is 43.4 Å². The van der Waals surface area contributed by atoms with Gasteiger partial charge in [0.1, 0.15) is 17.8 Å². The number of amides is 3. The molecule has 11 N–H and O–H groups in total. The van der Waals surface area contributed by atoms with E-state index in [1.165, 1.54) is 24.3 Å². The van der Waals surface area contributed by atoms with E-state index in [1.54, 1.807) is 13.8 Å². The molecule has 0 heterocycles. The number of nitrogens with one attached hydrogen (secondary N) is 3. The molecule has 0 aliphatic heterocycles. The number of nitrogens with zero attached hydrogens (tertiary/aromatic N) is 1. The second kappa shape index (κ2) is 14.4. The van der Waals surface area contributed by atoms with Crippen LogP contribution in [-0.2, 0) is 25.6 Å². The van der Waals surface area contributed by atoms with Crippen LogP contribution in [0.5, 0.6) is 5.75 Å². The molecule has 0 aliphatic rings. The number of aromatic hydroxyl groups is 1. The van der Waals surface area contributed by atoms with Crippen molar-refractivity contribution in [2.75, 3.05) is 13.1 Å². The fraction of sp³-hybridized carbons (Fsp3) is 0.500. The van der Waals surface area contributed by atoms with Crippen LogP contribution in [0.15, 0.2) is 29.3 Å². The fourth-order valence-corrected chi connectivity index (χ4v) is 2.95. The Morgan fingerprint density at radius 2 is 1.63 bits per heavy atom. The number of aliphatic carboxylic acids is 1. The number of rotatable bonds is 14. The lowest BCUT2D eigenvalue weighted by Crippen LogP contribution is -2.54. The van der Waals surface area contributed by atoms with E-state index in [1.807, 2.05) is 0 Å². The highest BCUT2D eigenvalue weighted by molar-refractivity contribution is 5.92. The first-order valence-electron chi connectivity index (χ1n) is 11.1. The zero-order valence-electron chi connectivity index (χ0n) is 19.9. The smallest absolute Gasteiger partial charge is 0.326 e. The third-order valence-corrected chi connectivity index (χ3v) is 5.03. The number of nitrogens with two attached hydrogens (primary N) is 3. The van der Waals surface area contributed by atoms with Crippen molar-refractivity contribution in [3.05, 3.63) is 29.8 Å². The molecule has 0 aromatic heterocycles. The molecule has 0 saturated heterocycles. The van der Waals surface area contributed by atoms with Crippen LogP contribution >= 0.6 is 0 Å². The molecule has 35 heavy (non-hydrogen) atoms. The van der Waals surface area contributed by atoms with Gasteiger partial charge in [-0.25, -0.2) is 4.79 Å². The number of carboxylic acid groups (broad SMARTS) is 1. The Bertz CT molecular complexity index is 900. The van der Waals surface area contributed by atoms with E-state index in [2.05, 4.69) is 20.9 Å². The maximum Gasteiger partial charge on any atom is 0.326 e. The first kappa shape index (κ1) is 29.2. The Balaban J connectivity index is 2.73. The van der Waals surface area contributed by atoms with Crippen LogP contribution in [0, 0.1) is 5.92 Å². The van der Waals surface area contributed by atoms with Gasteiger partial charge in [-0.2, -0.15) is 0 Å². The molecule has 0 bridgehead atoms. The molecule has 1 rings (SSSR count). The van der Waals surface area contributed by atoms with Gasteiger partial charge in [0.05, 0.1) is 12.6 Å². The average molecular weight is 494 g/mol. The molecule has 0 radical (unpaired) electrons. The van der Waals surface area contributed by atoms with Crippen molar-refractivity contribution >= 4 is 29.7 Å². The number of hydrogen-bond acceptors (Lipinski definition) is 7. The number of carbonyl (C=O) groups excluding carboxylic acids is 3. The maximum absolute atomic E-state index is 12.7. The van der Waals surface area contributed by atoms with E-state index in [9.17, 15) is 29.4 Å². The van der Waals surface area contributed by atoms with Crippen LogP contribution in [0.2, 0.25) is 0 Å². The van der Waals surface area contributed by atoms with E-state index >= 15 is 0 Å². The summed E-state index contributed by atoms with van der Waals surface area (Å²) in [4.78, 5) is 52.7. The minimum Gasteiger partial charge on any atom is -0.508 e. The standard InChI is InChI=1S/C22H35N7O6/c1-12(2)18(23)20(33)29-15(4-3-9-26-22(24)25)19(32)27-11-17(31)28-16(21(34)35)10-13-5-7-14(30)8-6-13/h5-8,12,15-16,18,30H,3-4,9-11,23H2,1-2H3,(H,27,32)(H,28,31)(H,29,33)(H,34,35)(H4,24,25,26). The summed E-state index contributed by atoms with van der Waals surface area (Å²) < 4.78 is 0. The molecule has 1 aromatic rings. The number of carbonyl (C=O) groups is 4. The third kappa shape index (κ3) is 11.2. The lowest BCUT2D eigenvalue weighted by Gasteiger charge is -2.22. The Morgan fingerprint density at radius 1 is 1.00 bits per heavy atom. The average Bonchev–Trinajstić information content (AvgIpc) is 2.79. The summed E-state index contributed by atoms with van der Waals surface area (Å²) in [7, 11) is 0. The van der Waals surface area contributed by atoms with Gasteiger partial charge in [0, 0.05) is 13.0 Å². The molecule has 3 unspecified atom stereocenters. The van der Waals surface area contributed by atoms with E-state index < -0.39 is 48.4 Å². The highest BCUT2D eigenvalue weighted by Gasteiger charge is 2.26. The van der Waals surface area contributed by atoms with Crippen LogP contribution in [0.1, 0.15) is 32.3 Å². The first-order valence-corrected chi connectivity index (χ1v) is 11.1. The second-order valence-electron chi connectivity index (χ2n) is 8.33. The van der Waals surface area contributed by atoms with Crippen LogP contribution < -0.4 is 33.2 Å². The maximum atomic E-state index is 12.7. The molecule has 13 heteroatoms. The summed E-state index contributed by atoms with van der Waals surface area (Å²) >= 11 is 0. The quantitative estimate of drug-likeness (QED) is 0.0823. The first-order chi connectivity index (χ1) is 16.4. The van der Waals surface area contributed by atoms with Crippen molar-refractivity contribution in [1.82, 2.24) is 16.0 Å². The Kier molecular flexibility index (Phi) is 12.0. The number of carboxylic acids is 1. The minimum absolute atomic E-state index is 0.0220. The monoisotopic (exact) mass is 493 g/mol. The van der Waals surface area contributed by atoms with Gasteiger partial charge >= 0.3 is 5.97 Å². The predicted octanol–water partition coefficient (Wildman–Crippen LogP) is -1.86. The zero-order valence-corrected chi connectivity index (χ0v) is 19.9. The van der Waals surface area contributed by atoms with E-state index in [0.29, 0.717) is 12.0 Å². The Labute approximate surface area is 203 Å². The highest BCUT2D eigenvalue weighted by atomic mass is 16.4. The van der Waals surface area contributed by atoms with Crippen molar-refractivity contribution in [2.45, 2.75) is 51.2 Å². The van der Waals surface area contributed by atoms with Crippen molar-refractivity contribution in [3.63, 3.8) is 0 Å². The fourth-order valence-electron chi connectivity index (χ4n) is 2.95. The van der Waals surface area contributed by atoms with Crippen LogP contribution in [0.4, 0.5) is 0 Å². The normalized spacial score (nSPS) is 13.3. The predicted molar refractivity (Wildman–Crippen MR) is 129 cm³/mol. The number of phenolic OH excluding ortho intramolecular Hbond substituents is 1. The van der Waals surface area contributed by atoms with Crippen molar-refractivity contribution < 1.29 is 29.4 Å². The van der Waals surface area contributed by atoms with E-state index in [0.717, 1.165) is 0 Å². The minimum atomic E-state index is -1.26. The summed E-state index contributed by atoms with van der Waals surface area (Å²) in [5.74, 6) is -3.38. The molecule has 0 spiro atoms. The van der Waals surface area contributed by atoms with Crippen LogP contribution in [0.3, 0.4) is 0 Å². The number of benzene rings is 1. The van der Waals surface area contributed by atoms with Gasteiger partial charge in [0.2, 0.25) is 17.7 Å². The Morgan fingerprint density at radius 3 is 2.17 bits per heavy atom. The van der Waals surface area contributed by atoms with Gasteiger partial charge in [0.15, 0.2) is 5.96 Å². The molecular formula is C22H35N7O6. The summed E-state index contributed by atoms with van der Waals surface area (Å²) in [5, 5.41) is 26.1. The highest BCUT2D eigenvalue weighted by Crippen LogP contribution is 2.11. The van der Waals surface area contributed by atoms with Crippen molar-refractivity contribution in [2.24, 2.45) is 28.1 Å². The number of aliphatic imine (C=N–C) groups is 1. The van der Waals surface area contributed by atoms with Crippen molar-refractivity contribution in [1.29, 1.82) is 0 Å². The number of guanidine groups is 1. The molecule has 3 amide bonds. The third-order valence-electron chi connectivity index (χ3n) is 5.03. The molecular weight excluding hydrogens is 458 g/mol. The lowest BCUT2D eigenvalue weighted by atomic mass is 10.0.